The lowest BCUT2D eigenvalue weighted by atomic mass is 9.94. The van der Waals surface area contributed by atoms with Gasteiger partial charge in [0.05, 0.1) is 6.10 Å². The Kier molecular flexibility index (Phi) is 1.97. The minimum atomic E-state index is -0.148. The van der Waals surface area contributed by atoms with E-state index in [4.69, 9.17) is 0 Å². The Balaban J connectivity index is 2.10. The van der Waals surface area contributed by atoms with Crippen molar-refractivity contribution in [3.63, 3.8) is 0 Å². The second kappa shape index (κ2) is 2.86. The molecule has 2 saturated heterocycles. The van der Waals surface area contributed by atoms with Crippen LogP contribution in [0.2, 0.25) is 0 Å². The molecule has 3 unspecified atom stereocenters. The largest absolute Gasteiger partial charge is 0.391 e. The van der Waals surface area contributed by atoms with Gasteiger partial charge < -0.3 is 5.11 Å². The van der Waals surface area contributed by atoms with Gasteiger partial charge >= 0.3 is 0 Å². The molecule has 0 saturated carbocycles. The van der Waals surface area contributed by atoms with Crippen LogP contribution in [0.3, 0.4) is 0 Å². The van der Waals surface area contributed by atoms with Gasteiger partial charge in [-0.2, -0.15) is 0 Å². The molecule has 0 aromatic carbocycles. The molecule has 0 bridgehead atoms. The molecular weight excluding hydrogens is 150 g/mol. The first kappa shape index (κ1) is 8.27. The SMILES string of the molecule is C=C(C)C1CN2CCCC2C1O. The van der Waals surface area contributed by atoms with Crippen molar-refractivity contribution >= 4 is 0 Å². The number of hydrogen-bond donors (Lipinski definition) is 1. The zero-order valence-electron chi connectivity index (χ0n) is 7.66. The molecule has 0 aromatic heterocycles. The molecule has 12 heavy (non-hydrogen) atoms. The van der Waals surface area contributed by atoms with Crippen LogP contribution < -0.4 is 0 Å². The Morgan fingerprint density at radius 3 is 2.92 bits per heavy atom. The maximum absolute atomic E-state index is 9.93. The van der Waals surface area contributed by atoms with Gasteiger partial charge in [-0.3, -0.25) is 4.90 Å². The maximum atomic E-state index is 9.93. The number of fused-ring (bicyclic) bond motifs is 1. The van der Waals surface area contributed by atoms with E-state index in [0.29, 0.717) is 12.0 Å². The molecule has 2 heteroatoms. The highest BCUT2D eigenvalue weighted by molar-refractivity contribution is 5.09. The van der Waals surface area contributed by atoms with Gasteiger partial charge in [-0.05, 0) is 26.3 Å². The molecule has 2 aliphatic heterocycles. The Morgan fingerprint density at radius 1 is 1.58 bits per heavy atom. The van der Waals surface area contributed by atoms with Crippen molar-refractivity contribution in [2.24, 2.45) is 5.92 Å². The van der Waals surface area contributed by atoms with Gasteiger partial charge in [0, 0.05) is 18.5 Å². The molecule has 0 amide bonds. The van der Waals surface area contributed by atoms with Gasteiger partial charge in [0.25, 0.3) is 0 Å². The summed E-state index contributed by atoms with van der Waals surface area (Å²) in [6.45, 7) is 8.15. The zero-order valence-corrected chi connectivity index (χ0v) is 7.66. The number of nitrogens with zero attached hydrogens (tertiary/aromatic N) is 1. The van der Waals surface area contributed by atoms with Gasteiger partial charge in [0.15, 0.2) is 0 Å². The van der Waals surface area contributed by atoms with Gasteiger partial charge in [-0.25, -0.2) is 0 Å². The lowest BCUT2D eigenvalue weighted by Gasteiger charge is -2.17. The van der Waals surface area contributed by atoms with Gasteiger partial charge in [-0.15, -0.1) is 0 Å². The lowest BCUT2D eigenvalue weighted by Crippen LogP contribution is -2.29. The molecule has 2 fully saturated rings. The van der Waals surface area contributed by atoms with E-state index in [-0.39, 0.29) is 6.10 Å². The number of aliphatic hydroxyl groups is 1. The van der Waals surface area contributed by atoms with Crippen molar-refractivity contribution in [3.8, 4) is 0 Å². The summed E-state index contributed by atoms with van der Waals surface area (Å²) >= 11 is 0. The topological polar surface area (TPSA) is 23.5 Å². The third-order valence-electron chi connectivity index (χ3n) is 3.28. The fraction of sp³-hybridized carbons (Fsp3) is 0.800. The summed E-state index contributed by atoms with van der Waals surface area (Å²) in [5.41, 5.74) is 1.14. The minimum absolute atomic E-state index is 0.148. The first-order valence-corrected chi connectivity index (χ1v) is 4.77. The average Bonchev–Trinajstić information content (AvgIpc) is 2.53. The quantitative estimate of drug-likeness (QED) is 0.589. The smallest absolute Gasteiger partial charge is 0.0772 e. The van der Waals surface area contributed by atoms with Gasteiger partial charge in [0.2, 0.25) is 0 Å². The number of hydrogen-bond acceptors (Lipinski definition) is 2. The van der Waals surface area contributed by atoms with Crippen LogP contribution in [0.15, 0.2) is 12.2 Å². The highest BCUT2D eigenvalue weighted by atomic mass is 16.3. The van der Waals surface area contributed by atoms with Crippen molar-refractivity contribution in [3.05, 3.63) is 12.2 Å². The predicted molar refractivity (Wildman–Crippen MR) is 48.9 cm³/mol. The fourth-order valence-corrected chi connectivity index (χ4v) is 2.54. The van der Waals surface area contributed by atoms with Crippen molar-refractivity contribution in [1.82, 2.24) is 4.90 Å². The van der Waals surface area contributed by atoms with E-state index in [1.807, 2.05) is 6.92 Å². The first-order valence-electron chi connectivity index (χ1n) is 4.77. The molecule has 3 atom stereocenters. The molecule has 0 spiro atoms. The molecular formula is C10H17NO. The zero-order chi connectivity index (χ0) is 8.72. The molecule has 2 aliphatic rings. The summed E-state index contributed by atoms with van der Waals surface area (Å²) in [5.74, 6) is 0.329. The van der Waals surface area contributed by atoms with E-state index in [1.165, 1.54) is 19.4 Å². The van der Waals surface area contributed by atoms with Gasteiger partial charge in [-0.1, -0.05) is 12.2 Å². The van der Waals surface area contributed by atoms with Crippen molar-refractivity contribution in [2.45, 2.75) is 31.9 Å². The normalized spacial score (nSPS) is 41.7. The third-order valence-corrected chi connectivity index (χ3v) is 3.28. The van der Waals surface area contributed by atoms with E-state index < -0.39 is 0 Å². The first-order chi connectivity index (χ1) is 5.70. The summed E-state index contributed by atoms with van der Waals surface area (Å²) in [6, 6.07) is 0.437. The van der Waals surface area contributed by atoms with Gasteiger partial charge in [0.1, 0.15) is 0 Å². The third kappa shape index (κ3) is 1.10. The Bertz CT molecular complexity index is 202. The molecule has 2 heterocycles. The summed E-state index contributed by atoms with van der Waals surface area (Å²) in [4.78, 5) is 2.41. The standard InChI is InChI=1S/C10H17NO/c1-7(2)8-6-11-5-3-4-9(11)10(8)12/h8-10,12H,1,3-6H2,2H3. The summed E-state index contributed by atoms with van der Waals surface area (Å²) < 4.78 is 0. The summed E-state index contributed by atoms with van der Waals surface area (Å²) in [6.07, 6.45) is 2.28. The van der Waals surface area contributed by atoms with Crippen LogP contribution in [0.5, 0.6) is 0 Å². The Labute approximate surface area is 73.9 Å². The molecule has 1 N–H and O–H groups in total. The number of aliphatic hydroxyl groups excluding tert-OH is 1. The molecule has 68 valence electrons. The monoisotopic (exact) mass is 167 g/mol. The molecule has 0 aliphatic carbocycles. The highest BCUT2D eigenvalue weighted by Gasteiger charge is 2.42. The Hall–Kier alpha value is -0.340. The average molecular weight is 167 g/mol. The van der Waals surface area contributed by atoms with Crippen LogP contribution >= 0.6 is 0 Å². The summed E-state index contributed by atoms with van der Waals surface area (Å²) in [7, 11) is 0. The van der Waals surface area contributed by atoms with Crippen LogP contribution in [-0.4, -0.2) is 35.2 Å². The molecule has 2 rings (SSSR count). The summed E-state index contributed by atoms with van der Waals surface area (Å²) in [5, 5.41) is 9.93. The van der Waals surface area contributed by atoms with Crippen molar-refractivity contribution < 1.29 is 5.11 Å². The second-order valence-electron chi connectivity index (χ2n) is 4.15. The number of rotatable bonds is 1. The maximum Gasteiger partial charge on any atom is 0.0772 e. The molecule has 0 aromatic rings. The van der Waals surface area contributed by atoms with Crippen molar-refractivity contribution in [1.29, 1.82) is 0 Å². The highest BCUT2D eigenvalue weighted by Crippen LogP contribution is 2.34. The van der Waals surface area contributed by atoms with Crippen LogP contribution in [0.1, 0.15) is 19.8 Å². The lowest BCUT2D eigenvalue weighted by molar-refractivity contribution is 0.116. The van der Waals surface area contributed by atoms with Crippen LogP contribution in [0.25, 0.3) is 0 Å². The van der Waals surface area contributed by atoms with E-state index in [2.05, 4.69) is 11.5 Å². The minimum Gasteiger partial charge on any atom is -0.391 e. The van der Waals surface area contributed by atoms with E-state index in [0.717, 1.165) is 12.1 Å². The van der Waals surface area contributed by atoms with E-state index >= 15 is 0 Å². The predicted octanol–water partition coefficient (Wildman–Crippen LogP) is 1.02. The second-order valence-corrected chi connectivity index (χ2v) is 4.15. The Morgan fingerprint density at radius 2 is 2.33 bits per heavy atom. The van der Waals surface area contributed by atoms with Crippen LogP contribution in [0, 0.1) is 5.92 Å². The van der Waals surface area contributed by atoms with E-state index in [9.17, 15) is 5.11 Å². The van der Waals surface area contributed by atoms with Crippen molar-refractivity contribution in [2.75, 3.05) is 13.1 Å². The van der Waals surface area contributed by atoms with E-state index in [1.54, 1.807) is 0 Å². The van der Waals surface area contributed by atoms with Crippen LogP contribution in [0.4, 0.5) is 0 Å². The van der Waals surface area contributed by atoms with Crippen LogP contribution in [-0.2, 0) is 0 Å². The fourth-order valence-electron chi connectivity index (χ4n) is 2.54. The molecule has 0 radical (unpaired) electrons. The molecule has 2 nitrogen and oxygen atoms in total.